The third-order valence-corrected chi connectivity index (χ3v) is 3.94. The normalized spacial score (nSPS) is 10.9. The minimum absolute atomic E-state index is 0.0896. The Morgan fingerprint density at radius 1 is 1.15 bits per heavy atom. The van der Waals surface area contributed by atoms with E-state index in [9.17, 15) is 4.79 Å². The molecule has 20 heavy (non-hydrogen) atoms. The lowest BCUT2D eigenvalue weighted by molar-refractivity contribution is 0.881. The molecular formula is C15H10ClIN2O. The van der Waals surface area contributed by atoms with Gasteiger partial charge in [0, 0.05) is 3.57 Å². The summed E-state index contributed by atoms with van der Waals surface area (Å²) < 4.78 is 2.64. The number of fused-ring (bicyclic) bond motifs is 1. The van der Waals surface area contributed by atoms with Crippen molar-refractivity contribution in [2.24, 2.45) is 0 Å². The number of alkyl halides is 1. The van der Waals surface area contributed by atoms with Crippen molar-refractivity contribution in [3.8, 4) is 5.69 Å². The predicted molar refractivity (Wildman–Crippen MR) is 89.6 cm³/mol. The molecule has 0 unspecified atom stereocenters. The van der Waals surface area contributed by atoms with E-state index in [0.29, 0.717) is 16.7 Å². The summed E-state index contributed by atoms with van der Waals surface area (Å²) in [5.74, 6) is 0.739. The van der Waals surface area contributed by atoms with Crippen LogP contribution < -0.4 is 5.56 Å². The molecule has 3 aromatic rings. The Labute approximate surface area is 134 Å². The Hall–Kier alpha value is -1.40. The number of hydrogen-bond acceptors (Lipinski definition) is 2. The molecule has 100 valence electrons. The van der Waals surface area contributed by atoms with Crippen LogP contribution in [0.2, 0.25) is 0 Å². The molecule has 0 saturated heterocycles. The van der Waals surface area contributed by atoms with Crippen molar-refractivity contribution >= 4 is 45.1 Å². The van der Waals surface area contributed by atoms with Gasteiger partial charge >= 0.3 is 0 Å². The Morgan fingerprint density at radius 3 is 2.70 bits per heavy atom. The Bertz CT molecular complexity index is 845. The SMILES string of the molecule is O=c1c2ccccc2nc(CCl)n1-c1cccc(I)c1. The van der Waals surface area contributed by atoms with E-state index in [1.807, 2.05) is 42.5 Å². The first-order valence-electron chi connectivity index (χ1n) is 6.03. The molecule has 0 saturated carbocycles. The van der Waals surface area contributed by atoms with Gasteiger partial charge in [-0.3, -0.25) is 9.36 Å². The molecule has 1 aromatic heterocycles. The fraction of sp³-hybridized carbons (Fsp3) is 0.0667. The van der Waals surface area contributed by atoms with Crippen LogP contribution in [0.4, 0.5) is 0 Å². The lowest BCUT2D eigenvalue weighted by Crippen LogP contribution is -2.23. The first-order chi connectivity index (χ1) is 9.70. The fourth-order valence-electron chi connectivity index (χ4n) is 2.15. The van der Waals surface area contributed by atoms with E-state index >= 15 is 0 Å². The molecule has 3 nitrogen and oxygen atoms in total. The maximum Gasteiger partial charge on any atom is 0.266 e. The van der Waals surface area contributed by atoms with Crippen LogP contribution in [-0.4, -0.2) is 9.55 Å². The van der Waals surface area contributed by atoms with Crippen molar-refractivity contribution in [1.82, 2.24) is 9.55 Å². The zero-order valence-electron chi connectivity index (χ0n) is 10.4. The largest absolute Gasteiger partial charge is 0.268 e. The minimum Gasteiger partial charge on any atom is -0.268 e. The molecule has 0 atom stereocenters. The Kier molecular flexibility index (Phi) is 3.76. The highest BCUT2D eigenvalue weighted by molar-refractivity contribution is 14.1. The summed E-state index contributed by atoms with van der Waals surface area (Å²) in [6.07, 6.45) is 0. The summed E-state index contributed by atoms with van der Waals surface area (Å²) in [6.45, 7) is 0. The van der Waals surface area contributed by atoms with Crippen LogP contribution in [-0.2, 0) is 5.88 Å². The highest BCUT2D eigenvalue weighted by Crippen LogP contribution is 2.16. The van der Waals surface area contributed by atoms with Gasteiger partial charge in [0.05, 0.1) is 22.5 Å². The predicted octanol–water partition coefficient (Wildman–Crippen LogP) is 3.73. The molecule has 1 heterocycles. The van der Waals surface area contributed by atoms with Gasteiger partial charge in [0.25, 0.3) is 5.56 Å². The summed E-state index contributed by atoms with van der Waals surface area (Å²) in [4.78, 5) is 17.2. The highest BCUT2D eigenvalue weighted by Gasteiger charge is 2.11. The molecule has 0 radical (unpaired) electrons. The molecule has 0 aliphatic rings. The third-order valence-electron chi connectivity index (χ3n) is 3.03. The van der Waals surface area contributed by atoms with Crippen LogP contribution in [0, 0.1) is 3.57 Å². The fourth-order valence-corrected chi connectivity index (χ4v) is 2.86. The van der Waals surface area contributed by atoms with Crippen LogP contribution >= 0.6 is 34.2 Å². The highest BCUT2D eigenvalue weighted by atomic mass is 127. The van der Waals surface area contributed by atoms with E-state index in [1.165, 1.54) is 0 Å². The smallest absolute Gasteiger partial charge is 0.266 e. The monoisotopic (exact) mass is 396 g/mol. The number of hydrogen-bond donors (Lipinski definition) is 0. The standard InChI is InChI=1S/C15H10ClIN2O/c16-9-14-18-13-7-2-1-6-12(13)15(20)19(14)11-5-3-4-10(17)8-11/h1-8H,9H2. The van der Waals surface area contributed by atoms with Gasteiger partial charge in [-0.05, 0) is 52.9 Å². The summed E-state index contributed by atoms with van der Waals surface area (Å²) in [6, 6.07) is 15.0. The van der Waals surface area contributed by atoms with E-state index in [1.54, 1.807) is 10.6 Å². The number of benzene rings is 2. The van der Waals surface area contributed by atoms with Crippen LogP contribution in [0.25, 0.3) is 16.6 Å². The van der Waals surface area contributed by atoms with E-state index in [4.69, 9.17) is 11.6 Å². The summed E-state index contributed by atoms with van der Waals surface area (Å²) in [7, 11) is 0. The second-order valence-electron chi connectivity index (χ2n) is 4.30. The third kappa shape index (κ3) is 2.33. The zero-order valence-corrected chi connectivity index (χ0v) is 13.3. The van der Waals surface area contributed by atoms with Crippen molar-refractivity contribution in [3.63, 3.8) is 0 Å². The summed E-state index contributed by atoms with van der Waals surface area (Å²) in [5, 5.41) is 0.597. The second kappa shape index (κ2) is 5.54. The quantitative estimate of drug-likeness (QED) is 0.489. The van der Waals surface area contributed by atoms with Gasteiger partial charge in [0.15, 0.2) is 0 Å². The van der Waals surface area contributed by atoms with Gasteiger partial charge in [-0.2, -0.15) is 0 Å². The molecule has 2 aromatic carbocycles. The Balaban J connectivity index is 2.40. The average Bonchev–Trinajstić information content (AvgIpc) is 2.47. The van der Waals surface area contributed by atoms with E-state index in [2.05, 4.69) is 27.6 Å². The van der Waals surface area contributed by atoms with Gasteiger partial charge < -0.3 is 0 Å². The molecule has 0 bridgehead atoms. The molecule has 0 aliphatic carbocycles. The minimum atomic E-state index is -0.0896. The molecule has 0 amide bonds. The van der Waals surface area contributed by atoms with Crippen molar-refractivity contribution in [2.75, 3.05) is 0 Å². The molecule has 0 N–H and O–H groups in total. The maximum atomic E-state index is 12.7. The van der Waals surface area contributed by atoms with Gasteiger partial charge in [0.1, 0.15) is 5.82 Å². The Morgan fingerprint density at radius 2 is 1.95 bits per heavy atom. The van der Waals surface area contributed by atoms with E-state index in [0.717, 1.165) is 9.26 Å². The number of para-hydroxylation sites is 1. The molecular weight excluding hydrogens is 387 g/mol. The lowest BCUT2D eigenvalue weighted by atomic mass is 10.2. The van der Waals surface area contributed by atoms with Crippen molar-refractivity contribution < 1.29 is 0 Å². The van der Waals surface area contributed by atoms with Crippen molar-refractivity contribution in [3.05, 3.63) is 68.3 Å². The average molecular weight is 397 g/mol. The summed E-state index contributed by atoms with van der Waals surface area (Å²) >= 11 is 8.19. The lowest BCUT2D eigenvalue weighted by Gasteiger charge is -2.12. The van der Waals surface area contributed by atoms with Gasteiger partial charge in [-0.25, -0.2) is 4.98 Å². The number of nitrogens with zero attached hydrogens (tertiary/aromatic N) is 2. The molecule has 0 aliphatic heterocycles. The summed E-state index contributed by atoms with van der Waals surface area (Å²) in [5.41, 5.74) is 1.37. The van der Waals surface area contributed by atoms with Gasteiger partial charge in [-0.15, -0.1) is 11.6 Å². The molecule has 3 rings (SSSR count). The molecule has 5 heteroatoms. The molecule has 0 fully saturated rings. The van der Waals surface area contributed by atoms with Crippen LogP contribution in [0.3, 0.4) is 0 Å². The first kappa shape index (κ1) is 13.6. The van der Waals surface area contributed by atoms with E-state index in [-0.39, 0.29) is 11.4 Å². The number of aromatic nitrogens is 2. The van der Waals surface area contributed by atoms with Crippen molar-refractivity contribution in [1.29, 1.82) is 0 Å². The maximum absolute atomic E-state index is 12.7. The van der Waals surface area contributed by atoms with Crippen LogP contribution in [0.1, 0.15) is 5.82 Å². The number of halogens is 2. The second-order valence-corrected chi connectivity index (χ2v) is 5.81. The van der Waals surface area contributed by atoms with Gasteiger partial charge in [0.2, 0.25) is 0 Å². The molecule has 0 spiro atoms. The van der Waals surface area contributed by atoms with Crippen LogP contribution in [0.15, 0.2) is 53.3 Å². The van der Waals surface area contributed by atoms with E-state index < -0.39 is 0 Å². The number of rotatable bonds is 2. The van der Waals surface area contributed by atoms with Gasteiger partial charge in [-0.1, -0.05) is 18.2 Å². The van der Waals surface area contributed by atoms with Crippen molar-refractivity contribution in [2.45, 2.75) is 5.88 Å². The zero-order chi connectivity index (χ0) is 14.1. The van der Waals surface area contributed by atoms with Crippen LogP contribution in [0.5, 0.6) is 0 Å². The topological polar surface area (TPSA) is 34.9 Å². The first-order valence-corrected chi connectivity index (χ1v) is 7.64.